The van der Waals surface area contributed by atoms with Crippen LogP contribution in [-0.4, -0.2) is 37.2 Å². The van der Waals surface area contributed by atoms with E-state index in [-0.39, 0.29) is 31.1 Å². The number of ether oxygens (including phenoxy) is 3. The van der Waals surface area contributed by atoms with Gasteiger partial charge < -0.3 is 14.2 Å². The molecular formula is C66H118O6. The van der Waals surface area contributed by atoms with E-state index < -0.39 is 6.10 Å². The van der Waals surface area contributed by atoms with Gasteiger partial charge >= 0.3 is 17.9 Å². The van der Waals surface area contributed by atoms with Gasteiger partial charge in [-0.1, -0.05) is 300 Å². The molecule has 0 rings (SSSR count). The maximum atomic E-state index is 12.8. The van der Waals surface area contributed by atoms with Crippen LogP contribution < -0.4 is 0 Å². The van der Waals surface area contributed by atoms with Crippen molar-refractivity contribution in [3.05, 3.63) is 60.8 Å². The summed E-state index contributed by atoms with van der Waals surface area (Å²) in [5, 5.41) is 0. The molecule has 0 aromatic rings. The van der Waals surface area contributed by atoms with Crippen molar-refractivity contribution in [3.8, 4) is 0 Å². The minimum absolute atomic E-state index is 0.0677. The van der Waals surface area contributed by atoms with Gasteiger partial charge in [-0.2, -0.15) is 0 Å². The number of allylic oxidation sites excluding steroid dienone is 10. The normalized spacial score (nSPS) is 12.4. The average molecular weight is 1010 g/mol. The molecule has 0 aliphatic carbocycles. The van der Waals surface area contributed by atoms with Gasteiger partial charge in [0.1, 0.15) is 13.2 Å². The molecule has 6 heteroatoms. The van der Waals surface area contributed by atoms with Crippen LogP contribution in [0, 0.1) is 0 Å². The highest BCUT2D eigenvalue weighted by atomic mass is 16.6. The van der Waals surface area contributed by atoms with Gasteiger partial charge in [0, 0.05) is 19.3 Å². The van der Waals surface area contributed by atoms with E-state index in [0.717, 1.165) is 89.9 Å². The topological polar surface area (TPSA) is 78.9 Å². The van der Waals surface area contributed by atoms with Crippen molar-refractivity contribution < 1.29 is 28.6 Å². The molecule has 1 atom stereocenters. The van der Waals surface area contributed by atoms with Crippen LogP contribution in [0.1, 0.15) is 323 Å². The maximum absolute atomic E-state index is 12.8. The zero-order valence-electron chi connectivity index (χ0n) is 47.9. The predicted molar refractivity (Wildman–Crippen MR) is 312 cm³/mol. The average Bonchev–Trinajstić information content (AvgIpc) is 3.38. The third-order valence-corrected chi connectivity index (χ3v) is 13.8. The molecule has 0 aromatic carbocycles. The van der Waals surface area contributed by atoms with Crippen molar-refractivity contribution >= 4 is 17.9 Å². The number of carbonyl (C=O) groups is 3. The number of hydrogen-bond acceptors (Lipinski definition) is 6. The Morgan fingerprint density at radius 1 is 0.292 bits per heavy atom. The van der Waals surface area contributed by atoms with Crippen molar-refractivity contribution in [2.24, 2.45) is 0 Å². The molecule has 6 nitrogen and oxygen atoms in total. The van der Waals surface area contributed by atoms with Gasteiger partial charge in [0.15, 0.2) is 6.10 Å². The van der Waals surface area contributed by atoms with E-state index in [1.54, 1.807) is 0 Å². The Labute approximate surface area is 447 Å². The van der Waals surface area contributed by atoms with Gasteiger partial charge in [-0.25, -0.2) is 0 Å². The number of carbonyl (C=O) groups excluding carboxylic acids is 3. The summed E-state index contributed by atoms with van der Waals surface area (Å²) in [6, 6.07) is 0. The van der Waals surface area contributed by atoms with E-state index in [1.807, 2.05) is 0 Å². The quantitative estimate of drug-likeness (QED) is 0.0261. The summed E-state index contributed by atoms with van der Waals surface area (Å²) >= 11 is 0. The van der Waals surface area contributed by atoms with Crippen LogP contribution in [-0.2, 0) is 28.6 Å². The second-order valence-corrected chi connectivity index (χ2v) is 21.0. The molecule has 418 valence electrons. The Bertz CT molecular complexity index is 1290. The van der Waals surface area contributed by atoms with Crippen LogP contribution in [0.4, 0.5) is 0 Å². The van der Waals surface area contributed by atoms with E-state index in [1.165, 1.54) is 193 Å². The van der Waals surface area contributed by atoms with Gasteiger partial charge in [0.05, 0.1) is 0 Å². The molecule has 0 radical (unpaired) electrons. The number of hydrogen-bond donors (Lipinski definition) is 0. The van der Waals surface area contributed by atoms with Gasteiger partial charge in [0.2, 0.25) is 0 Å². The number of rotatable bonds is 57. The van der Waals surface area contributed by atoms with E-state index in [4.69, 9.17) is 14.2 Å². The van der Waals surface area contributed by atoms with Crippen molar-refractivity contribution in [2.45, 2.75) is 329 Å². The van der Waals surface area contributed by atoms with Crippen LogP contribution in [0.3, 0.4) is 0 Å². The van der Waals surface area contributed by atoms with Crippen molar-refractivity contribution in [2.75, 3.05) is 13.2 Å². The van der Waals surface area contributed by atoms with Gasteiger partial charge in [0.25, 0.3) is 0 Å². The van der Waals surface area contributed by atoms with Crippen molar-refractivity contribution in [1.29, 1.82) is 0 Å². The summed E-state index contributed by atoms with van der Waals surface area (Å²) in [7, 11) is 0. The predicted octanol–water partition coefficient (Wildman–Crippen LogP) is 21.2. The molecule has 0 aromatic heterocycles. The molecule has 0 saturated heterocycles. The maximum Gasteiger partial charge on any atom is 0.306 e. The molecule has 1 unspecified atom stereocenters. The highest BCUT2D eigenvalue weighted by Gasteiger charge is 2.19. The molecule has 0 bridgehead atoms. The zero-order valence-corrected chi connectivity index (χ0v) is 47.9. The summed E-state index contributed by atoms with van der Waals surface area (Å²) in [4.78, 5) is 38.0. The fraction of sp³-hybridized carbons (Fsp3) is 0.803. The second-order valence-electron chi connectivity index (χ2n) is 21.0. The van der Waals surface area contributed by atoms with E-state index in [2.05, 4.69) is 81.5 Å². The van der Waals surface area contributed by atoms with Crippen LogP contribution in [0.2, 0.25) is 0 Å². The molecule has 0 aliphatic rings. The molecule has 0 spiro atoms. The lowest BCUT2D eigenvalue weighted by Crippen LogP contribution is -2.30. The first-order valence-electron chi connectivity index (χ1n) is 31.3. The SMILES string of the molecule is CC/C=C\C/C=C\C/C=C\C/C=C\C/C=C\CCCCCCCCCCCCCCCCCCCC(=O)OCC(COC(=O)CCCCCCCCCC)OC(=O)CCCCCCCCCCCCCCC. The van der Waals surface area contributed by atoms with Crippen molar-refractivity contribution in [1.82, 2.24) is 0 Å². The first-order chi connectivity index (χ1) is 35.5. The monoisotopic (exact) mass is 1010 g/mol. The summed E-state index contributed by atoms with van der Waals surface area (Å²) in [6.45, 7) is 6.53. The first-order valence-corrected chi connectivity index (χ1v) is 31.3. The summed E-state index contributed by atoms with van der Waals surface area (Å²) in [6.07, 6.45) is 76.8. The second kappa shape index (κ2) is 60.7. The lowest BCUT2D eigenvalue weighted by atomic mass is 10.0. The summed E-state index contributed by atoms with van der Waals surface area (Å²) in [5.74, 6) is -0.855. The van der Waals surface area contributed by atoms with E-state index >= 15 is 0 Å². The highest BCUT2D eigenvalue weighted by molar-refractivity contribution is 5.71. The molecule has 0 aliphatic heterocycles. The molecule has 0 fully saturated rings. The first kappa shape index (κ1) is 69.1. The highest BCUT2D eigenvalue weighted by Crippen LogP contribution is 2.17. The van der Waals surface area contributed by atoms with E-state index in [9.17, 15) is 14.4 Å². The van der Waals surface area contributed by atoms with E-state index in [0.29, 0.717) is 19.3 Å². The van der Waals surface area contributed by atoms with Gasteiger partial charge in [-0.15, -0.1) is 0 Å². The molecule has 0 amide bonds. The lowest BCUT2D eigenvalue weighted by molar-refractivity contribution is -0.167. The minimum atomic E-state index is -0.766. The Kier molecular flexibility index (Phi) is 58.2. The number of esters is 3. The lowest BCUT2D eigenvalue weighted by Gasteiger charge is -2.18. The smallest absolute Gasteiger partial charge is 0.306 e. The van der Waals surface area contributed by atoms with Crippen LogP contribution in [0.25, 0.3) is 0 Å². The molecule has 0 N–H and O–H groups in total. The molecule has 0 saturated carbocycles. The number of unbranched alkanes of at least 4 members (excludes halogenated alkanes) is 36. The molecule has 72 heavy (non-hydrogen) atoms. The van der Waals surface area contributed by atoms with Crippen LogP contribution >= 0.6 is 0 Å². The molecular weight excluding hydrogens is 889 g/mol. The Morgan fingerprint density at radius 2 is 0.542 bits per heavy atom. The molecule has 0 heterocycles. The van der Waals surface area contributed by atoms with Crippen LogP contribution in [0.15, 0.2) is 60.8 Å². The third-order valence-electron chi connectivity index (χ3n) is 13.8. The third kappa shape index (κ3) is 58.0. The largest absolute Gasteiger partial charge is 0.462 e. The van der Waals surface area contributed by atoms with Gasteiger partial charge in [-0.05, 0) is 64.2 Å². The zero-order chi connectivity index (χ0) is 52.2. The minimum Gasteiger partial charge on any atom is -0.462 e. The van der Waals surface area contributed by atoms with Gasteiger partial charge in [-0.3, -0.25) is 14.4 Å². The standard InChI is InChI=1S/C66H118O6/c1-4-7-10-13-16-19-21-23-24-25-26-27-28-29-30-31-32-33-34-35-36-37-38-39-40-41-42-44-45-47-50-53-56-59-65(68)71-62-63(61-70-64(67)58-55-52-49-18-15-12-9-6-3)72-66(69)60-57-54-51-48-46-43-22-20-17-14-11-8-5-2/h7,10,16,19,23-24,26-27,29-30,63H,4-6,8-9,11-15,17-18,20-22,25,28,31-62H2,1-3H3/b10-7-,19-16-,24-23-,27-26-,30-29-. The fourth-order valence-electron chi connectivity index (χ4n) is 9.12. The summed E-state index contributed by atoms with van der Waals surface area (Å²) < 4.78 is 16.8. The van der Waals surface area contributed by atoms with Crippen LogP contribution in [0.5, 0.6) is 0 Å². The Hall–Kier alpha value is -2.89. The Balaban J connectivity index is 3.99. The summed E-state index contributed by atoms with van der Waals surface area (Å²) in [5.41, 5.74) is 0. The van der Waals surface area contributed by atoms with Crippen molar-refractivity contribution in [3.63, 3.8) is 0 Å². The Morgan fingerprint density at radius 3 is 0.847 bits per heavy atom. The fourth-order valence-corrected chi connectivity index (χ4v) is 9.12.